The van der Waals surface area contributed by atoms with Gasteiger partial charge < -0.3 is 20.7 Å². The van der Waals surface area contributed by atoms with E-state index in [-0.39, 0.29) is 11.4 Å². The summed E-state index contributed by atoms with van der Waals surface area (Å²) in [6.07, 6.45) is 5.49. The molecular weight excluding hydrogens is 390 g/mol. The molecule has 4 N–H and O–H groups in total. The molecule has 31 heavy (non-hydrogen) atoms. The third kappa shape index (κ3) is 4.00. The van der Waals surface area contributed by atoms with Gasteiger partial charge in [0.1, 0.15) is 5.82 Å². The van der Waals surface area contributed by atoms with E-state index >= 15 is 0 Å². The van der Waals surface area contributed by atoms with E-state index in [0.717, 1.165) is 42.6 Å². The third-order valence-corrected chi connectivity index (χ3v) is 5.78. The highest BCUT2D eigenvalue weighted by Crippen LogP contribution is 2.30. The summed E-state index contributed by atoms with van der Waals surface area (Å²) in [6, 6.07) is 15.3. The van der Waals surface area contributed by atoms with Crippen LogP contribution < -0.4 is 16.2 Å². The molecule has 0 bridgehead atoms. The van der Waals surface area contributed by atoms with Gasteiger partial charge >= 0.3 is 0 Å². The van der Waals surface area contributed by atoms with Gasteiger partial charge in [0.05, 0.1) is 11.1 Å². The minimum atomic E-state index is -0.200. The van der Waals surface area contributed by atoms with Crippen molar-refractivity contribution in [1.82, 2.24) is 20.3 Å². The van der Waals surface area contributed by atoms with Crippen molar-refractivity contribution in [2.75, 3.05) is 18.4 Å². The summed E-state index contributed by atoms with van der Waals surface area (Å²) >= 11 is 0. The molecule has 5 rings (SSSR count). The fraction of sp³-hybridized carbons (Fsp3) is 0.208. The Morgan fingerprint density at radius 1 is 1.03 bits per heavy atom. The number of hydrogen-bond acceptors (Lipinski definition) is 6. The number of piperidine rings is 1. The first-order valence-corrected chi connectivity index (χ1v) is 10.4. The topological polar surface area (TPSA) is 103 Å². The van der Waals surface area contributed by atoms with Gasteiger partial charge in [-0.1, -0.05) is 12.1 Å². The van der Waals surface area contributed by atoms with E-state index in [9.17, 15) is 9.90 Å². The summed E-state index contributed by atoms with van der Waals surface area (Å²) in [7, 11) is 0. The van der Waals surface area contributed by atoms with E-state index in [1.165, 1.54) is 11.6 Å². The average Bonchev–Trinajstić information content (AvgIpc) is 2.80. The predicted octanol–water partition coefficient (Wildman–Crippen LogP) is 3.90. The molecule has 7 nitrogen and oxygen atoms in total. The van der Waals surface area contributed by atoms with E-state index < -0.39 is 0 Å². The zero-order chi connectivity index (χ0) is 21.2. The minimum absolute atomic E-state index is 0.0480. The van der Waals surface area contributed by atoms with E-state index in [1.54, 1.807) is 18.5 Å². The molecule has 0 aliphatic carbocycles. The van der Waals surface area contributed by atoms with Gasteiger partial charge in [0, 0.05) is 29.7 Å². The summed E-state index contributed by atoms with van der Waals surface area (Å²) in [6.45, 7) is 2.12. The Morgan fingerprint density at radius 3 is 2.58 bits per heavy atom. The molecule has 1 fully saturated rings. The van der Waals surface area contributed by atoms with Gasteiger partial charge in [-0.3, -0.25) is 4.79 Å². The number of aromatic nitrogens is 3. The van der Waals surface area contributed by atoms with Crippen LogP contribution in [0.2, 0.25) is 0 Å². The smallest absolute Gasteiger partial charge is 0.259 e. The monoisotopic (exact) mass is 413 g/mol. The normalized spacial score (nSPS) is 14.6. The molecule has 0 unspecified atom stereocenters. The molecule has 0 saturated carbocycles. The van der Waals surface area contributed by atoms with Crippen molar-refractivity contribution in [2.45, 2.75) is 18.8 Å². The maximum absolute atomic E-state index is 12.6. The van der Waals surface area contributed by atoms with Crippen LogP contribution in [0.4, 0.5) is 11.5 Å². The summed E-state index contributed by atoms with van der Waals surface area (Å²) in [4.78, 5) is 23.9. The molecule has 0 atom stereocenters. The lowest BCUT2D eigenvalue weighted by Gasteiger charge is -2.23. The first-order valence-electron chi connectivity index (χ1n) is 10.4. The number of fused-ring (bicyclic) bond motifs is 1. The number of aromatic amines is 1. The first-order chi connectivity index (χ1) is 15.2. The largest absolute Gasteiger partial charge is 0.493 e. The Balaban J connectivity index is 1.52. The summed E-state index contributed by atoms with van der Waals surface area (Å²) in [5, 5.41) is 17.5. The molecule has 1 aromatic carbocycles. The lowest BCUT2D eigenvalue weighted by molar-refractivity contribution is 0.453. The highest BCUT2D eigenvalue weighted by atomic mass is 16.3. The lowest BCUT2D eigenvalue weighted by Crippen LogP contribution is -2.26. The van der Waals surface area contributed by atoms with Gasteiger partial charge in [0.25, 0.3) is 5.56 Å². The number of nitrogens with one attached hydrogen (secondary N) is 3. The fourth-order valence-electron chi connectivity index (χ4n) is 4.12. The number of anilines is 2. The van der Waals surface area contributed by atoms with Crippen molar-refractivity contribution in [3.8, 4) is 17.1 Å². The van der Waals surface area contributed by atoms with Crippen molar-refractivity contribution < 1.29 is 5.11 Å². The van der Waals surface area contributed by atoms with Gasteiger partial charge in [-0.15, -0.1) is 0 Å². The Hall–Kier alpha value is -3.71. The summed E-state index contributed by atoms with van der Waals surface area (Å²) in [5.41, 5.74) is 3.43. The molecule has 1 aliphatic heterocycles. The molecular formula is C24H23N5O2. The summed E-state index contributed by atoms with van der Waals surface area (Å²) < 4.78 is 0. The molecule has 0 radical (unpaired) electrons. The van der Waals surface area contributed by atoms with Crippen LogP contribution in [0.3, 0.4) is 0 Å². The van der Waals surface area contributed by atoms with E-state index in [2.05, 4.69) is 32.7 Å². The molecule has 156 valence electrons. The van der Waals surface area contributed by atoms with Gasteiger partial charge in [0.15, 0.2) is 0 Å². The van der Waals surface area contributed by atoms with Crippen LogP contribution in [0.5, 0.6) is 5.88 Å². The van der Waals surface area contributed by atoms with Crippen LogP contribution in [0.25, 0.3) is 22.0 Å². The number of rotatable bonds is 4. The zero-order valence-electron chi connectivity index (χ0n) is 16.9. The third-order valence-electron chi connectivity index (χ3n) is 5.78. The Kier molecular flexibility index (Phi) is 5.09. The summed E-state index contributed by atoms with van der Waals surface area (Å²) in [5.74, 6) is 1.02. The molecule has 7 heteroatoms. The van der Waals surface area contributed by atoms with Gasteiger partial charge in [-0.05, 0) is 73.1 Å². The number of pyridine rings is 3. The van der Waals surface area contributed by atoms with Crippen molar-refractivity contribution in [3.63, 3.8) is 0 Å². The number of nitrogens with zero attached hydrogens (tertiary/aromatic N) is 2. The Bertz CT molecular complexity index is 1260. The van der Waals surface area contributed by atoms with Gasteiger partial charge in [-0.25, -0.2) is 9.97 Å². The maximum Gasteiger partial charge on any atom is 0.259 e. The zero-order valence-corrected chi connectivity index (χ0v) is 16.9. The average molecular weight is 413 g/mol. The second-order valence-corrected chi connectivity index (χ2v) is 7.80. The van der Waals surface area contributed by atoms with Crippen LogP contribution >= 0.6 is 0 Å². The molecule has 1 aliphatic rings. The minimum Gasteiger partial charge on any atom is -0.493 e. The predicted molar refractivity (Wildman–Crippen MR) is 122 cm³/mol. The standard InChI is InChI=1S/C24H23N5O2/c30-21-6-3-18(14-27-21)20-13-17-9-12-26-24(31)22(17)23(29-20)28-19-4-1-15(2-5-19)16-7-10-25-11-8-16/h1-6,9,12-14,16,25H,7-8,10-11H2,(H,26,31)(H,27,30)(H,28,29). The second-order valence-electron chi connectivity index (χ2n) is 7.80. The molecule has 4 heterocycles. The van der Waals surface area contributed by atoms with E-state index in [1.807, 2.05) is 24.3 Å². The maximum atomic E-state index is 12.6. The van der Waals surface area contributed by atoms with E-state index in [0.29, 0.717) is 22.8 Å². The number of H-pyrrole nitrogens is 1. The van der Waals surface area contributed by atoms with Gasteiger partial charge in [-0.2, -0.15) is 0 Å². The van der Waals surface area contributed by atoms with Crippen LogP contribution in [-0.2, 0) is 0 Å². The second kappa shape index (κ2) is 8.20. The quantitative estimate of drug-likeness (QED) is 0.405. The van der Waals surface area contributed by atoms with E-state index in [4.69, 9.17) is 4.98 Å². The highest BCUT2D eigenvalue weighted by Gasteiger charge is 2.15. The van der Waals surface area contributed by atoms with Crippen LogP contribution in [-0.4, -0.2) is 33.1 Å². The van der Waals surface area contributed by atoms with Crippen molar-refractivity contribution >= 4 is 22.3 Å². The van der Waals surface area contributed by atoms with Crippen molar-refractivity contribution in [1.29, 1.82) is 0 Å². The van der Waals surface area contributed by atoms with Crippen LogP contribution in [0.1, 0.15) is 24.3 Å². The number of aromatic hydroxyl groups is 1. The molecule has 0 spiro atoms. The Morgan fingerprint density at radius 2 is 1.84 bits per heavy atom. The fourth-order valence-corrected chi connectivity index (χ4v) is 4.12. The van der Waals surface area contributed by atoms with Crippen molar-refractivity contribution in [2.24, 2.45) is 0 Å². The molecule has 0 amide bonds. The van der Waals surface area contributed by atoms with Crippen LogP contribution in [0, 0.1) is 0 Å². The van der Waals surface area contributed by atoms with Gasteiger partial charge in [0.2, 0.25) is 5.88 Å². The first kappa shape index (κ1) is 19.3. The number of hydrogen-bond donors (Lipinski definition) is 4. The SMILES string of the molecule is O=c1[nH]ccc2cc(-c3ccc(O)nc3)nc(Nc3ccc(C4CCNCC4)cc3)c12. The molecule has 3 aromatic heterocycles. The molecule has 1 saturated heterocycles. The molecule has 4 aromatic rings. The lowest BCUT2D eigenvalue weighted by atomic mass is 9.90. The van der Waals surface area contributed by atoms with Crippen LogP contribution in [0.15, 0.2) is 65.7 Å². The Labute approximate surface area is 179 Å². The highest BCUT2D eigenvalue weighted by molar-refractivity contribution is 5.95. The van der Waals surface area contributed by atoms with Crippen molar-refractivity contribution in [3.05, 3.63) is 76.8 Å². The number of benzene rings is 1.